The molecule has 1 aromatic rings. The molecule has 0 saturated carbocycles. The van der Waals surface area contributed by atoms with E-state index in [0.29, 0.717) is 12.8 Å². The fourth-order valence-electron chi connectivity index (χ4n) is 2.05. The number of hydrogen-bond donors (Lipinski definition) is 2. The Morgan fingerprint density at radius 3 is 2.52 bits per heavy atom. The summed E-state index contributed by atoms with van der Waals surface area (Å²) < 4.78 is 0. The normalized spacial score (nSPS) is 13.5. The summed E-state index contributed by atoms with van der Waals surface area (Å²) in [5, 5.41) is 2.72. The molecule has 3 N–H and O–H groups in total. The van der Waals surface area contributed by atoms with Crippen LogP contribution in [0.3, 0.4) is 0 Å². The van der Waals surface area contributed by atoms with Crippen molar-refractivity contribution in [3.05, 3.63) is 35.9 Å². The van der Waals surface area contributed by atoms with Crippen LogP contribution in [-0.2, 0) is 16.0 Å². The van der Waals surface area contributed by atoms with Gasteiger partial charge in [0.05, 0.1) is 18.0 Å². The fourth-order valence-corrected chi connectivity index (χ4v) is 2.24. The average molecular weight is 311 g/mol. The van der Waals surface area contributed by atoms with Crippen LogP contribution in [0, 0.1) is 0 Å². The minimum atomic E-state index is -0.667. The molecule has 21 heavy (non-hydrogen) atoms. The van der Waals surface area contributed by atoms with E-state index in [1.807, 2.05) is 37.3 Å². The number of benzene rings is 1. The van der Waals surface area contributed by atoms with Crippen LogP contribution in [0.4, 0.5) is 0 Å². The number of alkyl halides is 1. The quantitative estimate of drug-likeness (QED) is 0.686. The van der Waals surface area contributed by atoms with Gasteiger partial charge in [0.1, 0.15) is 0 Å². The zero-order valence-electron chi connectivity index (χ0n) is 12.3. The number of hydrogen-bond acceptors (Lipinski definition) is 3. The summed E-state index contributed by atoms with van der Waals surface area (Å²) in [5.41, 5.74) is 6.91. The van der Waals surface area contributed by atoms with E-state index >= 15 is 0 Å². The molecule has 2 unspecified atom stereocenters. The maximum atomic E-state index is 12.1. The Kier molecular flexibility index (Phi) is 8.01. The SMILES string of the molecule is CCCCC(NC(=O)C(N)Cc1ccccc1)C(=O)CCl. The van der Waals surface area contributed by atoms with E-state index in [0.717, 1.165) is 18.4 Å². The summed E-state index contributed by atoms with van der Waals surface area (Å²) in [6, 6.07) is 8.37. The Hall–Kier alpha value is -1.39. The van der Waals surface area contributed by atoms with Crippen LogP contribution in [-0.4, -0.2) is 29.7 Å². The van der Waals surface area contributed by atoms with Gasteiger partial charge >= 0.3 is 0 Å². The number of carbonyl (C=O) groups excluding carboxylic acids is 2. The van der Waals surface area contributed by atoms with Crippen molar-refractivity contribution in [2.45, 2.75) is 44.7 Å². The van der Waals surface area contributed by atoms with Gasteiger partial charge in [-0.3, -0.25) is 9.59 Å². The summed E-state index contributed by atoms with van der Waals surface area (Å²) in [6.07, 6.45) is 2.87. The lowest BCUT2D eigenvalue weighted by Gasteiger charge is -2.19. The first-order valence-corrected chi connectivity index (χ1v) is 7.80. The second kappa shape index (κ2) is 9.53. The molecule has 116 valence electrons. The molecule has 0 saturated heterocycles. The first kappa shape index (κ1) is 17.7. The van der Waals surface area contributed by atoms with Crippen molar-refractivity contribution < 1.29 is 9.59 Å². The van der Waals surface area contributed by atoms with Crippen LogP contribution in [0.15, 0.2) is 30.3 Å². The Morgan fingerprint density at radius 1 is 1.29 bits per heavy atom. The van der Waals surface area contributed by atoms with Gasteiger partial charge in [0.15, 0.2) is 5.78 Å². The van der Waals surface area contributed by atoms with Crippen LogP contribution in [0.25, 0.3) is 0 Å². The van der Waals surface area contributed by atoms with Crippen molar-refractivity contribution in [3.8, 4) is 0 Å². The van der Waals surface area contributed by atoms with Crippen molar-refractivity contribution in [1.29, 1.82) is 0 Å². The average Bonchev–Trinajstić information content (AvgIpc) is 2.51. The highest BCUT2D eigenvalue weighted by molar-refractivity contribution is 6.28. The summed E-state index contributed by atoms with van der Waals surface area (Å²) in [5.74, 6) is -0.563. The summed E-state index contributed by atoms with van der Waals surface area (Å²) in [4.78, 5) is 23.9. The first-order valence-electron chi connectivity index (χ1n) is 7.27. The van der Waals surface area contributed by atoms with Crippen molar-refractivity contribution in [1.82, 2.24) is 5.32 Å². The largest absolute Gasteiger partial charge is 0.345 e. The van der Waals surface area contributed by atoms with E-state index in [1.165, 1.54) is 0 Å². The molecular weight excluding hydrogens is 288 g/mol. The number of unbranched alkanes of at least 4 members (excludes halogenated alkanes) is 1. The Bertz CT molecular complexity index is 451. The zero-order valence-corrected chi connectivity index (χ0v) is 13.1. The number of nitrogens with two attached hydrogens (primary N) is 1. The second-order valence-corrected chi connectivity index (χ2v) is 5.37. The molecule has 0 fully saturated rings. The number of carbonyl (C=O) groups is 2. The second-order valence-electron chi connectivity index (χ2n) is 5.10. The van der Waals surface area contributed by atoms with Gasteiger partial charge in [0.25, 0.3) is 0 Å². The fraction of sp³-hybridized carbons (Fsp3) is 0.500. The molecule has 0 spiro atoms. The molecular formula is C16H23ClN2O2. The van der Waals surface area contributed by atoms with Crippen molar-refractivity contribution in [2.75, 3.05) is 5.88 Å². The highest BCUT2D eigenvalue weighted by atomic mass is 35.5. The molecule has 4 nitrogen and oxygen atoms in total. The number of nitrogens with one attached hydrogen (secondary N) is 1. The molecule has 1 amide bonds. The maximum Gasteiger partial charge on any atom is 0.237 e. The number of ketones is 1. The third-order valence-electron chi connectivity index (χ3n) is 3.32. The number of halogens is 1. The molecule has 2 atom stereocenters. The van der Waals surface area contributed by atoms with Crippen LogP contribution in [0.2, 0.25) is 0 Å². The number of rotatable bonds is 9. The van der Waals surface area contributed by atoms with E-state index in [9.17, 15) is 9.59 Å². The van der Waals surface area contributed by atoms with Crippen LogP contribution in [0.1, 0.15) is 31.7 Å². The monoisotopic (exact) mass is 310 g/mol. The lowest BCUT2D eigenvalue weighted by atomic mass is 10.0. The van der Waals surface area contributed by atoms with Gasteiger partial charge in [0.2, 0.25) is 5.91 Å². The van der Waals surface area contributed by atoms with E-state index in [1.54, 1.807) is 0 Å². The molecule has 0 aliphatic carbocycles. The predicted molar refractivity (Wildman–Crippen MR) is 85.3 cm³/mol. The molecule has 1 rings (SSSR count). The molecule has 0 bridgehead atoms. The lowest BCUT2D eigenvalue weighted by molar-refractivity contribution is -0.127. The smallest absolute Gasteiger partial charge is 0.237 e. The van der Waals surface area contributed by atoms with E-state index < -0.39 is 12.1 Å². The topological polar surface area (TPSA) is 72.2 Å². The van der Waals surface area contributed by atoms with Gasteiger partial charge in [-0.1, -0.05) is 50.1 Å². The van der Waals surface area contributed by atoms with Crippen molar-refractivity contribution >= 4 is 23.3 Å². The van der Waals surface area contributed by atoms with Crippen LogP contribution >= 0.6 is 11.6 Å². The highest BCUT2D eigenvalue weighted by Gasteiger charge is 2.22. The van der Waals surface area contributed by atoms with Crippen LogP contribution in [0.5, 0.6) is 0 Å². The number of Topliss-reactive ketones (excluding diaryl/α,β-unsaturated/α-hetero) is 1. The number of amides is 1. The Morgan fingerprint density at radius 2 is 1.95 bits per heavy atom. The predicted octanol–water partition coefficient (Wildman–Crippen LogP) is 2.04. The first-order chi connectivity index (χ1) is 10.1. The third-order valence-corrected chi connectivity index (χ3v) is 3.58. The molecule has 5 heteroatoms. The van der Waals surface area contributed by atoms with Gasteiger partial charge in [-0.15, -0.1) is 11.6 Å². The molecule has 0 aliphatic rings. The molecule has 1 aromatic carbocycles. The third kappa shape index (κ3) is 6.27. The van der Waals surface area contributed by atoms with Gasteiger partial charge in [-0.25, -0.2) is 0 Å². The summed E-state index contributed by atoms with van der Waals surface area (Å²) in [6.45, 7) is 2.03. The highest BCUT2D eigenvalue weighted by Crippen LogP contribution is 2.06. The Balaban J connectivity index is 2.57. The van der Waals surface area contributed by atoms with Gasteiger partial charge in [-0.2, -0.15) is 0 Å². The summed E-state index contributed by atoms with van der Waals surface area (Å²) in [7, 11) is 0. The molecule has 0 aliphatic heterocycles. The molecule has 0 aromatic heterocycles. The van der Waals surface area contributed by atoms with E-state index in [4.69, 9.17) is 17.3 Å². The molecule has 0 radical (unpaired) electrons. The van der Waals surface area contributed by atoms with Gasteiger partial charge in [0, 0.05) is 0 Å². The standard InChI is InChI=1S/C16H23ClN2O2/c1-2-3-9-14(15(20)11-17)19-16(21)13(18)10-12-7-5-4-6-8-12/h4-8,13-14H,2-3,9-11,18H2,1H3,(H,19,21). The zero-order chi connectivity index (χ0) is 15.7. The summed E-state index contributed by atoms with van der Waals surface area (Å²) >= 11 is 5.59. The lowest BCUT2D eigenvalue weighted by Crippen LogP contribution is -2.49. The van der Waals surface area contributed by atoms with Gasteiger partial charge < -0.3 is 11.1 Å². The van der Waals surface area contributed by atoms with Crippen LogP contribution < -0.4 is 11.1 Å². The Labute approximate surface area is 131 Å². The minimum Gasteiger partial charge on any atom is -0.345 e. The maximum absolute atomic E-state index is 12.1. The van der Waals surface area contributed by atoms with E-state index in [2.05, 4.69) is 5.32 Å². The van der Waals surface area contributed by atoms with Crippen molar-refractivity contribution in [3.63, 3.8) is 0 Å². The van der Waals surface area contributed by atoms with E-state index in [-0.39, 0.29) is 17.6 Å². The van der Waals surface area contributed by atoms with Gasteiger partial charge in [-0.05, 0) is 18.4 Å². The molecule has 0 heterocycles. The van der Waals surface area contributed by atoms with Crippen molar-refractivity contribution in [2.24, 2.45) is 5.73 Å². The minimum absolute atomic E-state index is 0.0947.